The Morgan fingerprint density at radius 2 is 1.35 bits per heavy atom. The largest absolute Gasteiger partial charge is 0.490 e. The maximum absolute atomic E-state index is 13.6. The van der Waals surface area contributed by atoms with Crippen molar-refractivity contribution < 1.29 is 14.3 Å². The molecular weight excluding hydrogens is 498 g/mol. The van der Waals surface area contributed by atoms with Crippen LogP contribution in [-0.2, 0) is 0 Å². The van der Waals surface area contributed by atoms with Gasteiger partial charge in [-0.05, 0) is 47.5 Å². The third kappa shape index (κ3) is 6.30. The Bertz CT molecular complexity index is 1390. The summed E-state index contributed by atoms with van der Waals surface area (Å²) in [5.41, 5.74) is 3.94. The number of para-hydroxylation sites is 1. The van der Waals surface area contributed by atoms with Crippen LogP contribution in [0.4, 0.5) is 5.69 Å². The van der Waals surface area contributed by atoms with Crippen molar-refractivity contribution in [3.8, 4) is 5.75 Å². The zero-order chi connectivity index (χ0) is 27.7. The zero-order valence-corrected chi connectivity index (χ0v) is 22.4. The minimum absolute atomic E-state index is 0.0836. The third-order valence-electron chi connectivity index (χ3n) is 7.09. The van der Waals surface area contributed by atoms with Crippen LogP contribution in [0.1, 0.15) is 37.9 Å². The molecule has 0 saturated carbocycles. The molecule has 1 N–H and O–H groups in total. The van der Waals surface area contributed by atoms with Crippen LogP contribution in [0.15, 0.2) is 122 Å². The molecular formula is C34H33N3O3. The summed E-state index contributed by atoms with van der Waals surface area (Å²) in [5.74, 6) is 0.293. The number of hydrogen-bond donors (Lipinski definition) is 1. The highest BCUT2D eigenvalue weighted by Gasteiger charge is 2.29. The zero-order valence-electron chi connectivity index (χ0n) is 22.4. The second kappa shape index (κ2) is 12.9. The van der Waals surface area contributed by atoms with Gasteiger partial charge < -0.3 is 15.0 Å². The average molecular weight is 532 g/mol. The fourth-order valence-corrected chi connectivity index (χ4v) is 5.07. The van der Waals surface area contributed by atoms with Crippen molar-refractivity contribution in [3.05, 3.63) is 144 Å². The van der Waals surface area contributed by atoms with E-state index in [9.17, 15) is 9.59 Å². The molecule has 40 heavy (non-hydrogen) atoms. The number of ether oxygens (including phenoxy) is 1. The fraction of sp³-hybridized carbons (Fsp3) is 0.176. The fourth-order valence-electron chi connectivity index (χ4n) is 5.07. The average Bonchev–Trinajstić information content (AvgIpc) is 3.02. The van der Waals surface area contributed by atoms with Gasteiger partial charge in [0, 0.05) is 31.7 Å². The van der Waals surface area contributed by atoms with Crippen LogP contribution < -0.4 is 10.1 Å². The van der Waals surface area contributed by atoms with Crippen LogP contribution in [0.25, 0.3) is 0 Å². The molecule has 0 unspecified atom stereocenters. The molecule has 0 spiro atoms. The normalized spacial score (nSPS) is 13.6. The van der Waals surface area contributed by atoms with Crippen molar-refractivity contribution in [2.24, 2.45) is 0 Å². The van der Waals surface area contributed by atoms with Crippen LogP contribution in [0, 0.1) is 0 Å². The first-order valence-electron chi connectivity index (χ1n) is 13.5. The molecule has 5 rings (SSSR count). The van der Waals surface area contributed by atoms with Crippen molar-refractivity contribution in [1.29, 1.82) is 0 Å². The summed E-state index contributed by atoms with van der Waals surface area (Å²) in [6.07, 6.45) is 1.67. The number of hydrogen-bond acceptors (Lipinski definition) is 4. The topological polar surface area (TPSA) is 61.9 Å². The lowest BCUT2D eigenvalue weighted by Gasteiger charge is -2.40. The van der Waals surface area contributed by atoms with Gasteiger partial charge in [-0.2, -0.15) is 0 Å². The van der Waals surface area contributed by atoms with Gasteiger partial charge in [0.25, 0.3) is 11.8 Å². The summed E-state index contributed by atoms with van der Waals surface area (Å²) in [4.78, 5) is 30.9. The molecule has 1 aliphatic rings. The van der Waals surface area contributed by atoms with E-state index in [1.165, 1.54) is 11.1 Å². The van der Waals surface area contributed by atoms with Crippen LogP contribution in [0.3, 0.4) is 0 Å². The molecule has 0 aliphatic carbocycles. The lowest BCUT2D eigenvalue weighted by Crippen LogP contribution is -2.50. The Hall–Kier alpha value is -4.68. The van der Waals surface area contributed by atoms with E-state index in [1.807, 2.05) is 29.2 Å². The van der Waals surface area contributed by atoms with Crippen molar-refractivity contribution in [1.82, 2.24) is 9.80 Å². The molecule has 2 amide bonds. The Labute approximate surface area is 235 Å². The van der Waals surface area contributed by atoms with Crippen molar-refractivity contribution in [2.45, 2.75) is 6.04 Å². The number of carbonyl (C=O) groups excluding carboxylic acids is 2. The molecule has 0 atom stereocenters. The molecule has 4 aromatic rings. The van der Waals surface area contributed by atoms with E-state index >= 15 is 0 Å². The number of nitrogens with one attached hydrogen (secondary N) is 1. The molecule has 4 aromatic carbocycles. The van der Waals surface area contributed by atoms with Crippen LogP contribution in [-0.4, -0.2) is 54.4 Å². The number of benzene rings is 4. The number of nitrogens with zero attached hydrogens (tertiary/aromatic N) is 2. The number of rotatable bonds is 9. The van der Waals surface area contributed by atoms with Gasteiger partial charge in [-0.25, -0.2) is 0 Å². The summed E-state index contributed by atoms with van der Waals surface area (Å²) in [5, 5.41) is 2.93. The molecule has 0 radical (unpaired) electrons. The van der Waals surface area contributed by atoms with Gasteiger partial charge >= 0.3 is 0 Å². The summed E-state index contributed by atoms with van der Waals surface area (Å²) < 4.78 is 5.49. The Morgan fingerprint density at radius 1 is 0.775 bits per heavy atom. The summed E-state index contributed by atoms with van der Waals surface area (Å²) in [6.45, 7) is 6.73. The molecule has 1 heterocycles. The van der Waals surface area contributed by atoms with Gasteiger partial charge in [0.2, 0.25) is 0 Å². The number of anilines is 1. The molecule has 0 aromatic heterocycles. The molecule has 1 fully saturated rings. The van der Waals surface area contributed by atoms with E-state index in [0.717, 1.165) is 13.1 Å². The lowest BCUT2D eigenvalue weighted by molar-refractivity contribution is 0.0598. The monoisotopic (exact) mass is 531 g/mol. The van der Waals surface area contributed by atoms with E-state index in [2.05, 4.69) is 65.3 Å². The van der Waals surface area contributed by atoms with E-state index < -0.39 is 0 Å². The van der Waals surface area contributed by atoms with Crippen molar-refractivity contribution in [2.75, 3.05) is 38.1 Å². The maximum Gasteiger partial charge on any atom is 0.256 e. The molecule has 6 nitrogen and oxygen atoms in total. The SMILES string of the molecule is C=CCOc1ccc(C(=O)Nc2ccccc2C(=O)N2CCN(C(c3ccccc3)c3ccccc3)CC2)cc1. The van der Waals surface area contributed by atoms with Gasteiger partial charge in [0.05, 0.1) is 17.3 Å². The first-order chi connectivity index (χ1) is 19.6. The smallest absolute Gasteiger partial charge is 0.256 e. The minimum atomic E-state index is -0.283. The van der Waals surface area contributed by atoms with E-state index in [1.54, 1.807) is 42.5 Å². The Balaban J connectivity index is 1.27. The lowest BCUT2D eigenvalue weighted by atomic mass is 9.96. The standard InChI is InChI=1S/C34H33N3O3/c1-2-25-40-29-19-17-28(18-20-29)33(38)35-31-16-10-9-15-30(31)34(39)37-23-21-36(22-24-37)32(26-11-5-3-6-12-26)27-13-7-4-8-14-27/h2-20,32H,1,21-25H2,(H,35,38). The van der Waals surface area contributed by atoms with E-state index in [0.29, 0.717) is 42.3 Å². The summed E-state index contributed by atoms with van der Waals surface area (Å²) in [7, 11) is 0. The van der Waals surface area contributed by atoms with Crippen LogP contribution in [0.5, 0.6) is 5.75 Å². The molecule has 6 heteroatoms. The van der Waals surface area contributed by atoms with Crippen LogP contribution >= 0.6 is 0 Å². The Morgan fingerprint density at radius 3 is 1.95 bits per heavy atom. The maximum atomic E-state index is 13.6. The molecule has 1 aliphatic heterocycles. The van der Waals surface area contributed by atoms with Gasteiger partial charge in [-0.1, -0.05) is 85.5 Å². The number of carbonyl (C=O) groups is 2. The molecule has 1 saturated heterocycles. The van der Waals surface area contributed by atoms with Gasteiger partial charge in [-0.15, -0.1) is 0 Å². The predicted molar refractivity (Wildman–Crippen MR) is 159 cm³/mol. The molecule has 202 valence electrons. The van der Waals surface area contributed by atoms with Crippen LogP contribution in [0.2, 0.25) is 0 Å². The van der Waals surface area contributed by atoms with Gasteiger partial charge in [-0.3, -0.25) is 14.5 Å². The quantitative estimate of drug-likeness (QED) is 0.267. The first kappa shape index (κ1) is 26.9. The first-order valence-corrected chi connectivity index (χ1v) is 13.5. The second-order valence-electron chi connectivity index (χ2n) is 9.68. The molecule has 0 bridgehead atoms. The van der Waals surface area contributed by atoms with Crippen molar-refractivity contribution in [3.63, 3.8) is 0 Å². The predicted octanol–water partition coefficient (Wildman–Crippen LogP) is 6.05. The number of piperazine rings is 1. The van der Waals surface area contributed by atoms with Crippen molar-refractivity contribution >= 4 is 17.5 Å². The second-order valence-corrected chi connectivity index (χ2v) is 9.68. The minimum Gasteiger partial charge on any atom is -0.490 e. The highest BCUT2D eigenvalue weighted by molar-refractivity contribution is 6.09. The van der Waals surface area contributed by atoms with E-state index in [-0.39, 0.29) is 17.9 Å². The van der Waals surface area contributed by atoms with Gasteiger partial charge in [0.1, 0.15) is 12.4 Å². The highest BCUT2D eigenvalue weighted by Crippen LogP contribution is 2.30. The highest BCUT2D eigenvalue weighted by atomic mass is 16.5. The van der Waals surface area contributed by atoms with Gasteiger partial charge in [0.15, 0.2) is 0 Å². The third-order valence-corrected chi connectivity index (χ3v) is 7.09. The summed E-state index contributed by atoms with van der Waals surface area (Å²) in [6, 6.07) is 35.2. The Kier molecular flexibility index (Phi) is 8.69. The summed E-state index contributed by atoms with van der Waals surface area (Å²) >= 11 is 0. The number of amides is 2. The van der Waals surface area contributed by atoms with E-state index in [4.69, 9.17) is 4.74 Å².